The molecule has 0 aromatic heterocycles. The fourth-order valence-electron chi connectivity index (χ4n) is 2.63. The van der Waals surface area contributed by atoms with Crippen LogP contribution in [-0.2, 0) is 21.4 Å². The van der Waals surface area contributed by atoms with Gasteiger partial charge in [0.15, 0.2) is 0 Å². The van der Waals surface area contributed by atoms with Crippen molar-refractivity contribution in [3.8, 4) is 0 Å². The molecule has 0 radical (unpaired) electrons. The highest BCUT2D eigenvalue weighted by molar-refractivity contribution is 7.89. The number of rotatable bonds is 9. The van der Waals surface area contributed by atoms with Crippen molar-refractivity contribution < 1.29 is 18.0 Å². The molecule has 3 N–H and O–H groups in total. The molecule has 2 aromatic carbocycles. The van der Waals surface area contributed by atoms with Gasteiger partial charge in [0, 0.05) is 25.3 Å². The molecule has 0 unspecified atom stereocenters. The zero-order valence-electron chi connectivity index (χ0n) is 16.5. The summed E-state index contributed by atoms with van der Waals surface area (Å²) >= 11 is 0. The normalized spacial score (nSPS) is 11.1. The molecule has 0 atom stereocenters. The van der Waals surface area contributed by atoms with Crippen molar-refractivity contribution in [1.82, 2.24) is 14.9 Å². The molecule has 29 heavy (non-hydrogen) atoms. The van der Waals surface area contributed by atoms with Crippen molar-refractivity contribution in [2.75, 3.05) is 25.0 Å². The molecule has 0 bridgehead atoms. The quantitative estimate of drug-likeness (QED) is 0.578. The first-order valence-electron chi connectivity index (χ1n) is 9.32. The number of anilines is 1. The van der Waals surface area contributed by atoms with Gasteiger partial charge in [0.1, 0.15) is 0 Å². The minimum Gasteiger partial charge on any atom is -0.376 e. The molecule has 2 aromatic rings. The topological polar surface area (TPSA) is 108 Å². The average Bonchev–Trinajstić information content (AvgIpc) is 2.72. The number of carbonyl (C=O) groups excluding carboxylic acids is 2. The Hall–Kier alpha value is -2.91. The Morgan fingerprint density at radius 2 is 1.55 bits per heavy atom. The predicted molar refractivity (Wildman–Crippen MR) is 112 cm³/mol. The molecule has 9 heteroatoms. The second-order valence-corrected chi connectivity index (χ2v) is 8.12. The number of imide groups is 1. The summed E-state index contributed by atoms with van der Waals surface area (Å²) in [5.41, 5.74) is 1.50. The zero-order chi connectivity index (χ0) is 21.3. The van der Waals surface area contributed by atoms with Crippen LogP contribution in [0.3, 0.4) is 0 Å². The number of nitrogens with one attached hydrogen (secondary N) is 3. The van der Waals surface area contributed by atoms with Crippen LogP contribution >= 0.6 is 0 Å². The third kappa shape index (κ3) is 6.58. The van der Waals surface area contributed by atoms with E-state index in [-0.39, 0.29) is 11.4 Å². The number of sulfonamides is 1. The number of hydrogen-bond acceptors (Lipinski definition) is 5. The molecule has 0 saturated heterocycles. The van der Waals surface area contributed by atoms with E-state index in [4.69, 9.17) is 0 Å². The molecule has 0 heterocycles. The van der Waals surface area contributed by atoms with Gasteiger partial charge in [-0.15, -0.1) is 0 Å². The van der Waals surface area contributed by atoms with E-state index in [0.717, 1.165) is 5.56 Å². The maximum absolute atomic E-state index is 12.5. The Morgan fingerprint density at radius 1 is 0.931 bits per heavy atom. The minimum atomic E-state index is -3.52. The standard InChI is InChI=1S/C20H26N4O4S/c1-3-24(4-2)29(27,28)18-12-10-17(11-13-18)21-15-19(25)23-20(26)22-14-16-8-6-5-7-9-16/h5-13,21H,3-4,14-15H2,1-2H3,(H2,22,23,25,26). The van der Waals surface area contributed by atoms with Gasteiger partial charge in [-0.3, -0.25) is 10.1 Å². The van der Waals surface area contributed by atoms with Crippen molar-refractivity contribution in [3.63, 3.8) is 0 Å². The summed E-state index contributed by atoms with van der Waals surface area (Å²) in [7, 11) is -3.52. The summed E-state index contributed by atoms with van der Waals surface area (Å²) in [5, 5.41) is 7.69. The van der Waals surface area contributed by atoms with Crippen LogP contribution in [0.1, 0.15) is 19.4 Å². The van der Waals surface area contributed by atoms with E-state index in [1.165, 1.54) is 16.4 Å². The molecule has 3 amide bonds. The molecule has 156 valence electrons. The molecule has 0 aliphatic carbocycles. The number of benzene rings is 2. The Balaban J connectivity index is 1.82. The second-order valence-electron chi connectivity index (χ2n) is 6.18. The molecule has 0 spiro atoms. The van der Waals surface area contributed by atoms with E-state index < -0.39 is 22.0 Å². The molecule has 0 fully saturated rings. The van der Waals surface area contributed by atoms with Crippen LogP contribution in [0.15, 0.2) is 59.5 Å². The maximum Gasteiger partial charge on any atom is 0.321 e. The largest absolute Gasteiger partial charge is 0.376 e. The van der Waals surface area contributed by atoms with Crippen LogP contribution in [0.25, 0.3) is 0 Å². The second kappa shape index (κ2) is 10.6. The summed E-state index contributed by atoms with van der Waals surface area (Å²) in [5.74, 6) is -0.504. The van der Waals surface area contributed by atoms with Crippen molar-refractivity contribution in [1.29, 1.82) is 0 Å². The van der Waals surface area contributed by atoms with E-state index in [1.807, 2.05) is 30.3 Å². The Bertz CT molecular complexity index is 911. The first-order valence-corrected chi connectivity index (χ1v) is 10.8. The predicted octanol–water partition coefficient (Wildman–Crippen LogP) is 2.16. The van der Waals surface area contributed by atoms with Crippen LogP contribution < -0.4 is 16.0 Å². The SMILES string of the molecule is CCN(CC)S(=O)(=O)c1ccc(NCC(=O)NC(=O)NCc2ccccc2)cc1. The van der Waals surface area contributed by atoms with Crippen LogP contribution in [0, 0.1) is 0 Å². The third-order valence-electron chi connectivity index (χ3n) is 4.20. The van der Waals surface area contributed by atoms with Crippen LogP contribution in [0.5, 0.6) is 0 Å². The van der Waals surface area contributed by atoms with Gasteiger partial charge in [0.25, 0.3) is 0 Å². The van der Waals surface area contributed by atoms with E-state index in [1.54, 1.807) is 26.0 Å². The highest BCUT2D eigenvalue weighted by Crippen LogP contribution is 2.18. The lowest BCUT2D eigenvalue weighted by atomic mass is 10.2. The monoisotopic (exact) mass is 418 g/mol. The third-order valence-corrected chi connectivity index (χ3v) is 6.26. The summed E-state index contributed by atoms with van der Waals surface area (Å²) in [6.07, 6.45) is 0. The Morgan fingerprint density at radius 3 is 2.14 bits per heavy atom. The highest BCUT2D eigenvalue weighted by atomic mass is 32.2. The lowest BCUT2D eigenvalue weighted by molar-refractivity contribution is -0.118. The molecule has 0 saturated carbocycles. The van der Waals surface area contributed by atoms with Gasteiger partial charge in [0.05, 0.1) is 11.4 Å². The maximum atomic E-state index is 12.5. The molecule has 8 nitrogen and oxygen atoms in total. The van der Waals surface area contributed by atoms with Crippen LogP contribution in [0.2, 0.25) is 0 Å². The van der Waals surface area contributed by atoms with Crippen molar-refractivity contribution in [2.24, 2.45) is 0 Å². The number of amides is 3. The fourth-order valence-corrected chi connectivity index (χ4v) is 4.09. The molecular weight excluding hydrogens is 392 g/mol. The molecule has 2 rings (SSSR count). The van der Waals surface area contributed by atoms with Crippen molar-refractivity contribution in [3.05, 3.63) is 60.2 Å². The Kier molecular flexibility index (Phi) is 8.17. The smallest absolute Gasteiger partial charge is 0.321 e. The number of nitrogens with zero attached hydrogens (tertiary/aromatic N) is 1. The minimum absolute atomic E-state index is 0.124. The van der Waals surface area contributed by atoms with Gasteiger partial charge < -0.3 is 10.6 Å². The number of carbonyl (C=O) groups is 2. The zero-order valence-corrected chi connectivity index (χ0v) is 17.3. The van der Waals surface area contributed by atoms with Crippen LogP contribution in [-0.4, -0.2) is 44.3 Å². The van der Waals surface area contributed by atoms with Crippen LogP contribution in [0.4, 0.5) is 10.5 Å². The first kappa shape index (κ1) is 22.4. The van der Waals surface area contributed by atoms with E-state index in [9.17, 15) is 18.0 Å². The lowest BCUT2D eigenvalue weighted by Gasteiger charge is -2.18. The number of urea groups is 1. The average molecular weight is 419 g/mol. The summed E-state index contributed by atoms with van der Waals surface area (Å²) in [6.45, 7) is 4.55. The van der Waals surface area contributed by atoms with Gasteiger partial charge in [-0.1, -0.05) is 44.2 Å². The van der Waals surface area contributed by atoms with Crippen molar-refractivity contribution >= 4 is 27.6 Å². The van der Waals surface area contributed by atoms with Gasteiger partial charge >= 0.3 is 6.03 Å². The van der Waals surface area contributed by atoms with Gasteiger partial charge in [0.2, 0.25) is 15.9 Å². The lowest BCUT2D eigenvalue weighted by Crippen LogP contribution is -2.41. The summed E-state index contributed by atoms with van der Waals surface area (Å²) < 4.78 is 26.3. The van der Waals surface area contributed by atoms with E-state index in [2.05, 4.69) is 16.0 Å². The molecule has 0 aliphatic rings. The highest BCUT2D eigenvalue weighted by Gasteiger charge is 2.21. The van der Waals surface area contributed by atoms with Gasteiger partial charge in [-0.2, -0.15) is 4.31 Å². The molecule has 0 aliphatic heterocycles. The first-order chi connectivity index (χ1) is 13.9. The number of hydrogen-bond donors (Lipinski definition) is 3. The fraction of sp³-hybridized carbons (Fsp3) is 0.300. The van der Waals surface area contributed by atoms with Gasteiger partial charge in [-0.05, 0) is 29.8 Å². The summed E-state index contributed by atoms with van der Waals surface area (Å²) in [4.78, 5) is 23.9. The van der Waals surface area contributed by atoms with Gasteiger partial charge in [-0.25, -0.2) is 13.2 Å². The molecular formula is C20H26N4O4S. The van der Waals surface area contributed by atoms with E-state index >= 15 is 0 Å². The van der Waals surface area contributed by atoms with Crippen molar-refractivity contribution in [2.45, 2.75) is 25.3 Å². The van der Waals surface area contributed by atoms with E-state index in [0.29, 0.717) is 25.3 Å². The summed E-state index contributed by atoms with van der Waals surface area (Å²) in [6, 6.07) is 14.9. The Labute approximate surface area is 171 Å².